The lowest BCUT2D eigenvalue weighted by atomic mass is 9.95. The van der Waals surface area contributed by atoms with Gasteiger partial charge in [-0.05, 0) is 94.2 Å². The van der Waals surface area contributed by atoms with Gasteiger partial charge in [-0.2, -0.15) is 4.98 Å². The monoisotopic (exact) mass is 840 g/mol. The van der Waals surface area contributed by atoms with Crippen LogP contribution in [-0.4, -0.2) is 123 Å². The number of carbonyl (C=O) groups excluding carboxylic acids is 2. The number of piperidine rings is 2. The van der Waals surface area contributed by atoms with Crippen LogP contribution in [0.25, 0.3) is 0 Å². The average Bonchev–Trinajstić information content (AvgIpc) is 3.22. The summed E-state index contributed by atoms with van der Waals surface area (Å²) >= 11 is 6.49. The number of halogens is 1. The van der Waals surface area contributed by atoms with E-state index < -0.39 is 7.14 Å². The number of amides is 2. The molecular weight excluding hydrogens is 787 g/mol. The molecule has 0 radical (unpaired) electrons. The Balaban J connectivity index is 0.773. The first-order valence-electron chi connectivity index (χ1n) is 20.5. The largest absolute Gasteiger partial charge is 0.494 e. The van der Waals surface area contributed by atoms with E-state index in [1.165, 1.54) is 18.5 Å². The Morgan fingerprint density at radius 3 is 2.31 bits per heavy atom. The molecule has 4 aliphatic heterocycles. The quantitative estimate of drug-likeness (QED) is 0.0950. The van der Waals surface area contributed by atoms with Crippen molar-refractivity contribution in [2.75, 3.05) is 105 Å². The Morgan fingerprint density at radius 1 is 0.864 bits per heavy atom. The Labute approximate surface area is 351 Å². The van der Waals surface area contributed by atoms with Crippen LogP contribution in [0.4, 0.5) is 40.2 Å². The van der Waals surface area contributed by atoms with Crippen molar-refractivity contribution in [1.82, 2.24) is 25.1 Å². The molecule has 1 aromatic heterocycles. The molecule has 0 spiro atoms. The molecule has 2 amide bonds. The average molecular weight is 841 g/mol. The zero-order valence-electron chi connectivity index (χ0n) is 34.0. The van der Waals surface area contributed by atoms with Gasteiger partial charge < -0.3 is 40.0 Å². The maximum atomic E-state index is 12.9. The Kier molecular flexibility index (Phi) is 12.3. The van der Waals surface area contributed by atoms with Crippen LogP contribution in [0.3, 0.4) is 0 Å². The first-order valence-corrected chi connectivity index (χ1v) is 23.5. The van der Waals surface area contributed by atoms with Gasteiger partial charge >= 0.3 is 0 Å². The van der Waals surface area contributed by atoms with Crippen LogP contribution >= 0.6 is 18.7 Å². The van der Waals surface area contributed by atoms with Crippen LogP contribution in [0, 0.1) is 5.92 Å². The second-order valence-corrected chi connectivity index (χ2v) is 20.0. The van der Waals surface area contributed by atoms with E-state index in [1.807, 2.05) is 42.5 Å². The van der Waals surface area contributed by atoms with E-state index >= 15 is 0 Å². The van der Waals surface area contributed by atoms with Gasteiger partial charge in [-0.15, -0.1) is 0 Å². The topological polar surface area (TPSA) is 147 Å². The standard InChI is InChI=1S/C43H54ClN10O4P/c1-58-38-24-33(12-13-35(38)48-43-45-25-34(44)41(50-43)47-36-6-4-5-7-39(36)59(2,3)57)53-22-20-52(21-23-53)32-16-18-51(19-17-32)26-29-27-54(28-29)31-10-8-30(9-11-31)46-37-14-15-40(55)49-42(37)56/h4-13,24-25,29,32,37,46H,14-23,26-28H2,1-3H3,(H,49,55,56)(H2,45,47,48,50). The summed E-state index contributed by atoms with van der Waals surface area (Å²) in [7, 11) is -0.869. The van der Waals surface area contributed by atoms with E-state index in [-0.39, 0.29) is 17.9 Å². The number of hydrogen-bond donors (Lipinski definition) is 4. The minimum atomic E-state index is -2.54. The lowest BCUT2D eigenvalue weighted by molar-refractivity contribution is -0.133. The van der Waals surface area contributed by atoms with E-state index in [2.05, 4.69) is 75.1 Å². The molecule has 8 rings (SSSR count). The lowest BCUT2D eigenvalue weighted by Gasteiger charge is -2.46. The molecule has 14 nitrogen and oxygen atoms in total. The zero-order chi connectivity index (χ0) is 41.1. The van der Waals surface area contributed by atoms with E-state index in [1.54, 1.807) is 26.6 Å². The predicted molar refractivity (Wildman–Crippen MR) is 237 cm³/mol. The number of hydrogen-bond acceptors (Lipinski definition) is 13. The first-order chi connectivity index (χ1) is 28.5. The second kappa shape index (κ2) is 17.8. The summed E-state index contributed by atoms with van der Waals surface area (Å²) in [5, 5.41) is 13.3. The highest BCUT2D eigenvalue weighted by Gasteiger charge is 2.33. The van der Waals surface area contributed by atoms with Gasteiger partial charge in [0, 0.05) is 92.6 Å². The predicted octanol–water partition coefficient (Wildman–Crippen LogP) is 5.81. The highest BCUT2D eigenvalue weighted by Crippen LogP contribution is 2.39. The molecule has 0 bridgehead atoms. The smallest absolute Gasteiger partial charge is 0.249 e. The van der Waals surface area contributed by atoms with Gasteiger partial charge in [-0.1, -0.05) is 23.7 Å². The molecule has 59 heavy (non-hydrogen) atoms. The summed E-state index contributed by atoms with van der Waals surface area (Å²) in [6, 6.07) is 22.2. The summed E-state index contributed by atoms with van der Waals surface area (Å²) in [5.74, 6) is 1.69. The molecule has 16 heteroatoms. The summed E-state index contributed by atoms with van der Waals surface area (Å²) in [6.45, 7) is 13.1. The number of nitrogens with one attached hydrogen (secondary N) is 4. The molecule has 4 aromatic rings. The number of anilines is 7. The van der Waals surface area contributed by atoms with Gasteiger partial charge in [-0.25, -0.2) is 4.98 Å². The number of benzene rings is 3. The summed E-state index contributed by atoms with van der Waals surface area (Å²) < 4.78 is 18.7. The van der Waals surface area contributed by atoms with E-state index in [0.717, 1.165) is 81.3 Å². The van der Waals surface area contributed by atoms with Crippen LogP contribution in [0.15, 0.2) is 72.9 Å². The van der Waals surface area contributed by atoms with Gasteiger partial charge in [-0.3, -0.25) is 19.8 Å². The summed E-state index contributed by atoms with van der Waals surface area (Å²) in [6.07, 6.45) is 4.85. The molecule has 1 unspecified atom stereocenters. The number of imide groups is 1. The number of para-hydroxylation sites is 1. The number of aromatic nitrogens is 2. The lowest BCUT2D eigenvalue weighted by Crippen LogP contribution is -2.55. The minimum Gasteiger partial charge on any atom is -0.494 e. The van der Waals surface area contributed by atoms with E-state index in [9.17, 15) is 14.2 Å². The van der Waals surface area contributed by atoms with Gasteiger partial charge in [0.25, 0.3) is 0 Å². The zero-order valence-corrected chi connectivity index (χ0v) is 35.6. The van der Waals surface area contributed by atoms with Crippen molar-refractivity contribution < 1.29 is 18.9 Å². The maximum Gasteiger partial charge on any atom is 0.249 e. The Morgan fingerprint density at radius 2 is 1.59 bits per heavy atom. The fraction of sp³-hybridized carbons (Fsp3) is 0.442. The van der Waals surface area contributed by atoms with Crippen LogP contribution in [0.1, 0.15) is 25.7 Å². The van der Waals surface area contributed by atoms with Crippen molar-refractivity contribution in [2.45, 2.75) is 37.8 Å². The summed E-state index contributed by atoms with van der Waals surface area (Å²) in [5.41, 5.74) is 4.67. The number of likely N-dealkylation sites (tertiary alicyclic amines) is 1. The van der Waals surface area contributed by atoms with E-state index in [4.69, 9.17) is 16.3 Å². The van der Waals surface area contributed by atoms with Crippen molar-refractivity contribution >= 4 is 76.1 Å². The Bertz CT molecular complexity index is 2180. The van der Waals surface area contributed by atoms with Gasteiger partial charge in [0.1, 0.15) is 24.0 Å². The maximum absolute atomic E-state index is 12.9. The molecule has 4 aliphatic rings. The van der Waals surface area contributed by atoms with Crippen LogP contribution in [0.5, 0.6) is 5.75 Å². The fourth-order valence-electron chi connectivity index (χ4n) is 8.67. The minimum absolute atomic E-state index is 0.199. The summed E-state index contributed by atoms with van der Waals surface area (Å²) in [4.78, 5) is 42.8. The molecule has 1 atom stereocenters. The Hall–Kier alpha value is -4.88. The molecule has 0 saturated carbocycles. The first kappa shape index (κ1) is 40.9. The highest BCUT2D eigenvalue weighted by molar-refractivity contribution is 7.70. The molecule has 4 saturated heterocycles. The fourth-order valence-corrected chi connectivity index (χ4v) is 9.96. The third kappa shape index (κ3) is 9.78. The van der Waals surface area contributed by atoms with Crippen molar-refractivity contribution in [3.63, 3.8) is 0 Å². The third-order valence-corrected chi connectivity index (χ3v) is 13.8. The molecular formula is C43H54ClN10O4P. The van der Waals surface area contributed by atoms with Crippen LogP contribution in [-0.2, 0) is 14.2 Å². The number of ether oxygens (including phenoxy) is 1. The van der Waals surface area contributed by atoms with Gasteiger partial charge in [0.05, 0.1) is 24.7 Å². The molecule has 4 fully saturated rings. The molecule has 4 N–H and O–H groups in total. The van der Waals surface area contributed by atoms with Crippen molar-refractivity contribution in [1.29, 1.82) is 0 Å². The van der Waals surface area contributed by atoms with Crippen molar-refractivity contribution in [3.8, 4) is 5.75 Å². The molecule has 0 aliphatic carbocycles. The SMILES string of the molecule is COc1cc(N2CCN(C3CCN(CC4CN(c5ccc(NC6CCC(=O)NC6=O)cc5)C4)CC3)CC2)ccc1Nc1ncc(Cl)c(Nc2ccccc2P(C)(C)=O)n1. The second-order valence-electron chi connectivity index (χ2n) is 16.4. The van der Waals surface area contributed by atoms with E-state index in [0.29, 0.717) is 53.0 Å². The van der Waals surface area contributed by atoms with Gasteiger partial charge in [0.2, 0.25) is 17.8 Å². The van der Waals surface area contributed by atoms with Crippen molar-refractivity contribution in [3.05, 3.63) is 77.9 Å². The number of piperazine rings is 1. The number of methoxy groups -OCH3 is 1. The molecule has 3 aromatic carbocycles. The van der Waals surface area contributed by atoms with Crippen LogP contribution < -0.4 is 41.1 Å². The highest BCUT2D eigenvalue weighted by atomic mass is 35.5. The number of nitrogens with zero attached hydrogens (tertiary/aromatic N) is 6. The van der Waals surface area contributed by atoms with Crippen LogP contribution in [0.2, 0.25) is 5.02 Å². The normalized spacial score (nSPS) is 19.9. The third-order valence-electron chi connectivity index (χ3n) is 12.0. The van der Waals surface area contributed by atoms with Gasteiger partial charge in [0.15, 0.2) is 5.82 Å². The number of rotatable bonds is 13. The molecule has 312 valence electrons. The molecule has 5 heterocycles. The number of carbonyl (C=O) groups is 2. The van der Waals surface area contributed by atoms with Crippen molar-refractivity contribution in [2.24, 2.45) is 5.92 Å².